The highest BCUT2D eigenvalue weighted by Crippen LogP contribution is 2.29. The van der Waals surface area contributed by atoms with Crippen LogP contribution in [0.3, 0.4) is 0 Å². The topological polar surface area (TPSA) is 92.9 Å². The van der Waals surface area contributed by atoms with Gasteiger partial charge in [0.2, 0.25) is 0 Å². The number of benzene rings is 2. The maximum atomic E-state index is 11.5. The van der Waals surface area contributed by atoms with Gasteiger partial charge in [-0.2, -0.15) is 0 Å². The summed E-state index contributed by atoms with van der Waals surface area (Å²) in [6.07, 6.45) is 2.35. The van der Waals surface area contributed by atoms with Gasteiger partial charge in [-0.05, 0) is 37.1 Å². The molecular formula is C20H21N5O. The number of aryl methyl sites for hydroxylation is 1. The van der Waals surface area contributed by atoms with Gasteiger partial charge >= 0.3 is 0 Å². The summed E-state index contributed by atoms with van der Waals surface area (Å²) in [5.41, 5.74) is 10.2. The molecule has 1 aromatic heterocycles. The van der Waals surface area contributed by atoms with Gasteiger partial charge in [0.1, 0.15) is 12.0 Å². The molecule has 6 nitrogen and oxygen atoms in total. The average molecular weight is 347 g/mol. The number of ketones is 1. The molecule has 0 unspecified atom stereocenters. The average Bonchev–Trinajstić information content (AvgIpc) is 2.65. The van der Waals surface area contributed by atoms with Crippen molar-refractivity contribution in [2.24, 2.45) is 0 Å². The van der Waals surface area contributed by atoms with Crippen LogP contribution in [0, 0.1) is 0 Å². The quantitative estimate of drug-likeness (QED) is 0.575. The van der Waals surface area contributed by atoms with E-state index in [1.54, 1.807) is 12.1 Å². The molecule has 0 aliphatic carbocycles. The summed E-state index contributed by atoms with van der Waals surface area (Å²) in [6.45, 7) is 3.63. The second-order valence-corrected chi connectivity index (χ2v) is 5.88. The van der Waals surface area contributed by atoms with Gasteiger partial charge in [0.15, 0.2) is 17.4 Å². The largest absolute Gasteiger partial charge is 0.393 e. The Labute approximate surface area is 152 Å². The normalized spacial score (nSPS) is 10.4. The Balaban J connectivity index is 1.88. The highest BCUT2D eigenvalue weighted by Gasteiger charge is 2.11. The molecule has 0 aliphatic heterocycles. The van der Waals surface area contributed by atoms with E-state index in [1.165, 1.54) is 18.8 Å². The molecule has 0 bridgehead atoms. The smallest absolute Gasteiger partial charge is 0.159 e. The molecule has 0 aliphatic rings. The van der Waals surface area contributed by atoms with E-state index in [-0.39, 0.29) is 5.78 Å². The molecule has 26 heavy (non-hydrogen) atoms. The van der Waals surface area contributed by atoms with Crippen LogP contribution < -0.4 is 16.4 Å². The molecule has 4 N–H and O–H groups in total. The van der Waals surface area contributed by atoms with E-state index in [9.17, 15) is 4.79 Å². The van der Waals surface area contributed by atoms with Gasteiger partial charge in [-0.3, -0.25) is 4.79 Å². The van der Waals surface area contributed by atoms with E-state index in [1.807, 2.05) is 30.3 Å². The zero-order valence-corrected chi connectivity index (χ0v) is 14.8. The van der Waals surface area contributed by atoms with Crippen LogP contribution in [0.2, 0.25) is 0 Å². The monoisotopic (exact) mass is 347 g/mol. The van der Waals surface area contributed by atoms with Crippen molar-refractivity contribution >= 4 is 34.5 Å². The predicted molar refractivity (Wildman–Crippen MR) is 105 cm³/mol. The van der Waals surface area contributed by atoms with Crippen molar-refractivity contribution in [3.05, 3.63) is 66.0 Å². The number of aromatic nitrogens is 2. The summed E-state index contributed by atoms with van der Waals surface area (Å²) < 4.78 is 0. The molecule has 0 radical (unpaired) electrons. The molecule has 6 heteroatoms. The van der Waals surface area contributed by atoms with E-state index >= 15 is 0 Å². The lowest BCUT2D eigenvalue weighted by Crippen LogP contribution is -2.06. The van der Waals surface area contributed by atoms with Gasteiger partial charge in [0.25, 0.3) is 0 Å². The maximum absolute atomic E-state index is 11.5. The lowest BCUT2D eigenvalue weighted by atomic mass is 10.1. The first kappa shape index (κ1) is 17.4. The minimum Gasteiger partial charge on any atom is -0.393 e. The highest BCUT2D eigenvalue weighted by atomic mass is 16.1. The SMILES string of the molecule is CCc1ccccc1Nc1ncnc(Nc2cccc(C(C)=O)c2)c1N. The second-order valence-electron chi connectivity index (χ2n) is 5.88. The van der Waals surface area contributed by atoms with E-state index in [0.717, 1.165) is 17.8 Å². The van der Waals surface area contributed by atoms with Crippen LogP contribution in [0.4, 0.5) is 28.7 Å². The van der Waals surface area contributed by atoms with Crippen LogP contribution in [0.25, 0.3) is 0 Å². The van der Waals surface area contributed by atoms with E-state index in [0.29, 0.717) is 22.9 Å². The number of hydrogen-bond donors (Lipinski definition) is 3. The zero-order chi connectivity index (χ0) is 18.5. The predicted octanol–water partition coefficient (Wildman–Crippen LogP) is 4.31. The molecule has 0 fully saturated rings. The number of anilines is 5. The highest BCUT2D eigenvalue weighted by molar-refractivity contribution is 5.95. The Bertz CT molecular complexity index is 939. The summed E-state index contributed by atoms with van der Waals surface area (Å²) in [6, 6.07) is 15.2. The lowest BCUT2D eigenvalue weighted by Gasteiger charge is -2.14. The fourth-order valence-corrected chi connectivity index (χ4v) is 2.63. The molecule has 3 aromatic rings. The fraction of sp³-hybridized carbons (Fsp3) is 0.150. The number of Topliss-reactive ketones (excluding diaryl/α,β-unsaturated/α-hetero) is 1. The van der Waals surface area contributed by atoms with Gasteiger partial charge in [0.05, 0.1) is 0 Å². The molecule has 0 spiro atoms. The first-order valence-electron chi connectivity index (χ1n) is 8.42. The number of hydrogen-bond acceptors (Lipinski definition) is 6. The maximum Gasteiger partial charge on any atom is 0.159 e. The summed E-state index contributed by atoms with van der Waals surface area (Å²) >= 11 is 0. The van der Waals surface area contributed by atoms with Crippen molar-refractivity contribution in [3.63, 3.8) is 0 Å². The van der Waals surface area contributed by atoms with E-state index in [4.69, 9.17) is 5.73 Å². The number of para-hydroxylation sites is 1. The van der Waals surface area contributed by atoms with Gasteiger partial charge in [-0.15, -0.1) is 0 Å². The molecule has 1 heterocycles. The zero-order valence-electron chi connectivity index (χ0n) is 14.8. The van der Waals surface area contributed by atoms with Crippen molar-refractivity contribution in [1.82, 2.24) is 9.97 Å². The summed E-state index contributed by atoms with van der Waals surface area (Å²) in [5.74, 6) is 1.02. The van der Waals surface area contributed by atoms with Crippen molar-refractivity contribution in [3.8, 4) is 0 Å². The lowest BCUT2D eigenvalue weighted by molar-refractivity contribution is 0.101. The summed E-state index contributed by atoms with van der Waals surface area (Å²) in [7, 11) is 0. The Morgan fingerprint density at radius 3 is 2.50 bits per heavy atom. The van der Waals surface area contributed by atoms with Crippen LogP contribution in [0.5, 0.6) is 0 Å². The van der Waals surface area contributed by atoms with E-state index < -0.39 is 0 Å². The molecular weight excluding hydrogens is 326 g/mol. The Morgan fingerprint density at radius 1 is 1.04 bits per heavy atom. The van der Waals surface area contributed by atoms with Crippen LogP contribution in [-0.4, -0.2) is 15.8 Å². The van der Waals surface area contributed by atoms with Crippen molar-refractivity contribution < 1.29 is 4.79 Å². The third kappa shape index (κ3) is 3.80. The number of nitrogens with two attached hydrogens (primary N) is 1. The number of nitrogens with zero attached hydrogens (tertiary/aromatic N) is 2. The van der Waals surface area contributed by atoms with Crippen molar-refractivity contribution in [1.29, 1.82) is 0 Å². The number of nitrogen functional groups attached to an aromatic ring is 1. The number of carbonyl (C=O) groups is 1. The first-order chi connectivity index (χ1) is 12.6. The minimum absolute atomic E-state index is 0.00263. The molecule has 0 atom stereocenters. The third-order valence-electron chi connectivity index (χ3n) is 4.07. The molecule has 3 rings (SSSR count). The van der Waals surface area contributed by atoms with E-state index in [2.05, 4.69) is 33.6 Å². The van der Waals surface area contributed by atoms with Crippen LogP contribution in [-0.2, 0) is 6.42 Å². The van der Waals surface area contributed by atoms with Crippen LogP contribution in [0.1, 0.15) is 29.8 Å². The second kappa shape index (κ2) is 7.65. The van der Waals surface area contributed by atoms with Crippen LogP contribution >= 0.6 is 0 Å². The number of rotatable bonds is 6. The molecule has 0 saturated carbocycles. The third-order valence-corrected chi connectivity index (χ3v) is 4.07. The van der Waals surface area contributed by atoms with Crippen molar-refractivity contribution in [2.75, 3.05) is 16.4 Å². The minimum atomic E-state index is 0.00263. The Hall–Kier alpha value is -3.41. The van der Waals surface area contributed by atoms with Gasteiger partial charge in [0, 0.05) is 16.9 Å². The van der Waals surface area contributed by atoms with Gasteiger partial charge in [-0.1, -0.05) is 37.3 Å². The van der Waals surface area contributed by atoms with Crippen molar-refractivity contribution in [2.45, 2.75) is 20.3 Å². The van der Waals surface area contributed by atoms with Gasteiger partial charge < -0.3 is 16.4 Å². The molecule has 0 saturated heterocycles. The van der Waals surface area contributed by atoms with Gasteiger partial charge in [-0.25, -0.2) is 9.97 Å². The fourth-order valence-electron chi connectivity index (χ4n) is 2.63. The molecule has 132 valence electrons. The van der Waals surface area contributed by atoms with Crippen LogP contribution in [0.15, 0.2) is 54.9 Å². The molecule has 0 amide bonds. The summed E-state index contributed by atoms with van der Waals surface area (Å²) in [5, 5.41) is 6.43. The first-order valence-corrected chi connectivity index (χ1v) is 8.42. The Morgan fingerprint density at radius 2 is 1.77 bits per heavy atom. The molecule has 2 aromatic carbocycles. The standard InChI is InChI=1S/C20H21N5O/c1-3-14-7-4-5-10-17(14)25-20-18(21)19(22-12-23-20)24-16-9-6-8-15(11-16)13(2)26/h4-12H,3,21H2,1-2H3,(H2,22,23,24,25). The summed E-state index contributed by atoms with van der Waals surface area (Å²) in [4.78, 5) is 20.0. The number of carbonyl (C=O) groups excluding carboxylic acids is 1. The Kier molecular flexibility index (Phi) is 5.12. The number of nitrogens with one attached hydrogen (secondary N) is 2.